The largest absolute Gasteiger partial charge is 1.00 e. The maximum Gasteiger partial charge on any atom is 1.00 e. The summed E-state index contributed by atoms with van der Waals surface area (Å²) in [5.41, 5.74) is 4.16. The van der Waals surface area contributed by atoms with Crippen LogP contribution in [0, 0.1) is 5.92 Å². The Morgan fingerprint density at radius 3 is 2.57 bits per heavy atom. The summed E-state index contributed by atoms with van der Waals surface area (Å²) in [4.78, 5) is 15.3. The number of hydrogen-bond donors (Lipinski definition) is 0. The van der Waals surface area contributed by atoms with Gasteiger partial charge in [0.15, 0.2) is 0 Å². The second-order valence-corrected chi connectivity index (χ2v) is 8.04. The van der Waals surface area contributed by atoms with Crippen LogP contribution in [0.3, 0.4) is 0 Å². The number of benzene rings is 2. The number of ether oxygens (including phenoxy) is 1. The first kappa shape index (κ1) is 21.0. The topological polar surface area (TPSA) is 55.8 Å². The summed E-state index contributed by atoms with van der Waals surface area (Å²) in [6.07, 6.45) is 0.973. The van der Waals surface area contributed by atoms with Crippen LogP contribution < -0.4 is 49.2 Å². The average Bonchev–Trinajstić information content (AvgIpc) is 2.58. The molecule has 2 aliphatic rings. The summed E-state index contributed by atoms with van der Waals surface area (Å²) in [5, 5.41) is 11.0. The number of carbonyl (C=O) groups excluding carboxylic acids is 1. The van der Waals surface area contributed by atoms with Crippen molar-refractivity contribution in [1.82, 2.24) is 0 Å². The van der Waals surface area contributed by atoms with Crippen LogP contribution in [0.2, 0.25) is 0 Å². The van der Waals surface area contributed by atoms with Gasteiger partial charge in [0.2, 0.25) is 0 Å². The van der Waals surface area contributed by atoms with Crippen molar-refractivity contribution in [2.75, 3.05) is 29.4 Å². The number of carboxylic acid groups (broad SMARTS) is 1. The Hall–Kier alpha value is -1.69. The molecule has 0 bridgehead atoms. The number of fused-ring (bicyclic) bond motifs is 1. The van der Waals surface area contributed by atoms with E-state index in [-0.39, 0.29) is 41.1 Å². The molecule has 5 nitrogen and oxygen atoms in total. The van der Waals surface area contributed by atoms with Crippen molar-refractivity contribution >= 4 is 23.0 Å². The zero-order valence-corrected chi connectivity index (χ0v) is 19.1. The molecule has 0 unspecified atom stereocenters. The molecule has 2 aromatic rings. The van der Waals surface area contributed by atoms with E-state index in [1.54, 1.807) is 0 Å². The van der Waals surface area contributed by atoms with Crippen LogP contribution >= 0.6 is 0 Å². The summed E-state index contributed by atoms with van der Waals surface area (Å²) >= 11 is 0. The van der Waals surface area contributed by atoms with Crippen molar-refractivity contribution in [2.24, 2.45) is 5.92 Å². The first-order chi connectivity index (χ1) is 12.9. The molecule has 0 atom stereocenters. The number of aryl methyl sites for hydroxylation is 1. The van der Waals surface area contributed by atoms with Crippen LogP contribution in [-0.2, 0) is 11.2 Å². The van der Waals surface area contributed by atoms with Crippen LogP contribution in [-0.4, -0.2) is 31.2 Å². The molecule has 6 heteroatoms. The van der Waals surface area contributed by atoms with E-state index in [0.29, 0.717) is 13.1 Å². The molecule has 0 aliphatic carbocycles. The molecule has 2 aliphatic heterocycles. The molecule has 0 saturated carbocycles. The van der Waals surface area contributed by atoms with Gasteiger partial charge in [0.05, 0.1) is 12.2 Å². The number of nitrogens with zero attached hydrogens (tertiary/aromatic N) is 2. The maximum atomic E-state index is 11.0. The van der Waals surface area contributed by atoms with Gasteiger partial charge in [0.1, 0.15) is 11.4 Å². The van der Waals surface area contributed by atoms with E-state index in [1.165, 1.54) is 5.56 Å². The van der Waals surface area contributed by atoms with E-state index in [4.69, 9.17) is 4.74 Å². The molecule has 28 heavy (non-hydrogen) atoms. The third-order valence-corrected chi connectivity index (χ3v) is 5.37. The predicted octanol–water partition coefficient (Wildman–Crippen LogP) is -0.252. The fourth-order valence-electron chi connectivity index (χ4n) is 3.81. The quantitative estimate of drug-likeness (QED) is 0.676. The zero-order chi connectivity index (χ0) is 19.2. The number of anilines is 3. The van der Waals surface area contributed by atoms with Crippen LogP contribution in [0.25, 0.3) is 0 Å². The van der Waals surface area contributed by atoms with Crippen LogP contribution in [0.15, 0.2) is 42.5 Å². The Morgan fingerprint density at radius 1 is 1.18 bits per heavy atom. The second-order valence-electron chi connectivity index (χ2n) is 8.04. The SMILES string of the molecule is CCc1ccc2c(c1)OC(C)(C)CN2c1cccc(N2CC(C(=O)[O-])C2)c1.[Na+]. The third kappa shape index (κ3) is 4.02. The Balaban J connectivity index is 0.00000225. The van der Waals surface area contributed by atoms with Gasteiger partial charge in [-0.3, -0.25) is 0 Å². The van der Waals surface area contributed by atoms with Gasteiger partial charge < -0.3 is 24.4 Å². The molecular formula is C22H25N2NaO3. The molecule has 0 aromatic heterocycles. The summed E-state index contributed by atoms with van der Waals surface area (Å²) in [5.74, 6) is -0.417. The standard InChI is InChI=1S/C22H26N2O3.Na/c1-4-15-8-9-19-20(10-15)27-22(2,3)14-24(19)18-7-5-6-17(11-18)23-12-16(13-23)21(25)26;/h5-11,16H,4,12-14H2,1-3H3,(H,25,26);/q;+1/p-1. The Kier molecular flexibility index (Phi) is 5.99. The number of rotatable bonds is 4. The van der Waals surface area contributed by atoms with E-state index in [0.717, 1.165) is 35.8 Å². The van der Waals surface area contributed by atoms with Crippen LogP contribution in [0.1, 0.15) is 26.3 Å². The van der Waals surface area contributed by atoms with Gasteiger partial charge in [-0.15, -0.1) is 0 Å². The molecule has 0 spiro atoms. The normalized spacial score (nSPS) is 17.8. The smallest absolute Gasteiger partial charge is 0.550 e. The molecule has 4 rings (SSSR count). The predicted molar refractivity (Wildman–Crippen MR) is 105 cm³/mol. The maximum absolute atomic E-state index is 11.0. The molecule has 0 N–H and O–H groups in total. The fraction of sp³-hybridized carbons (Fsp3) is 0.409. The van der Waals surface area contributed by atoms with Crippen molar-refractivity contribution in [3.63, 3.8) is 0 Å². The van der Waals surface area contributed by atoms with E-state index in [1.807, 2.05) is 12.1 Å². The molecule has 2 heterocycles. The Morgan fingerprint density at radius 2 is 1.89 bits per heavy atom. The average molecular weight is 388 g/mol. The number of hydrogen-bond acceptors (Lipinski definition) is 5. The van der Waals surface area contributed by atoms with Gasteiger partial charge in [0.25, 0.3) is 0 Å². The first-order valence-electron chi connectivity index (χ1n) is 9.51. The van der Waals surface area contributed by atoms with Gasteiger partial charge in [-0.2, -0.15) is 0 Å². The van der Waals surface area contributed by atoms with Gasteiger partial charge in [-0.05, 0) is 56.2 Å². The summed E-state index contributed by atoms with van der Waals surface area (Å²) < 4.78 is 6.24. The zero-order valence-electron chi connectivity index (χ0n) is 17.1. The van der Waals surface area contributed by atoms with Gasteiger partial charge in [-0.1, -0.05) is 19.1 Å². The van der Waals surface area contributed by atoms with Gasteiger partial charge in [0, 0.05) is 36.4 Å². The number of carbonyl (C=O) groups is 1. The molecular weight excluding hydrogens is 363 g/mol. The summed E-state index contributed by atoms with van der Waals surface area (Å²) in [6.45, 7) is 8.12. The minimum Gasteiger partial charge on any atom is -0.550 e. The van der Waals surface area contributed by atoms with Gasteiger partial charge in [-0.25, -0.2) is 0 Å². The Labute approximate surface area is 188 Å². The third-order valence-electron chi connectivity index (χ3n) is 5.37. The summed E-state index contributed by atoms with van der Waals surface area (Å²) in [7, 11) is 0. The van der Waals surface area contributed by atoms with E-state index < -0.39 is 5.97 Å². The molecule has 0 amide bonds. The van der Waals surface area contributed by atoms with Crippen molar-refractivity contribution < 1.29 is 44.2 Å². The molecule has 142 valence electrons. The molecule has 1 fully saturated rings. The van der Waals surface area contributed by atoms with Crippen molar-refractivity contribution in [2.45, 2.75) is 32.8 Å². The van der Waals surface area contributed by atoms with E-state index in [2.05, 4.69) is 60.9 Å². The molecule has 2 aromatic carbocycles. The second kappa shape index (κ2) is 7.97. The summed E-state index contributed by atoms with van der Waals surface area (Å²) in [6, 6.07) is 14.7. The van der Waals surface area contributed by atoms with Crippen molar-refractivity contribution in [3.05, 3.63) is 48.0 Å². The van der Waals surface area contributed by atoms with Crippen LogP contribution in [0.4, 0.5) is 17.1 Å². The first-order valence-corrected chi connectivity index (χ1v) is 9.51. The van der Waals surface area contributed by atoms with Crippen LogP contribution in [0.5, 0.6) is 5.75 Å². The minimum absolute atomic E-state index is 0. The monoisotopic (exact) mass is 388 g/mol. The number of aliphatic carboxylic acids is 1. The van der Waals surface area contributed by atoms with Crippen molar-refractivity contribution in [1.29, 1.82) is 0 Å². The molecule has 0 radical (unpaired) electrons. The Bertz CT molecular complexity index is 878. The fourth-order valence-corrected chi connectivity index (χ4v) is 3.81. The van der Waals surface area contributed by atoms with Crippen molar-refractivity contribution in [3.8, 4) is 5.75 Å². The van der Waals surface area contributed by atoms with E-state index >= 15 is 0 Å². The van der Waals surface area contributed by atoms with Gasteiger partial charge >= 0.3 is 29.6 Å². The molecule has 1 saturated heterocycles. The number of carboxylic acids is 1. The minimum atomic E-state index is -0.960. The van der Waals surface area contributed by atoms with E-state index in [9.17, 15) is 9.90 Å².